The van der Waals surface area contributed by atoms with Crippen LogP contribution < -0.4 is 5.32 Å². The number of pyridine rings is 1. The van der Waals surface area contributed by atoms with Crippen molar-refractivity contribution < 1.29 is 23.1 Å². The molecule has 1 amide bonds. The second kappa shape index (κ2) is 8.89. The maximum Gasteiger partial charge on any atom is 0.222 e. The second-order valence-corrected chi connectivity index (χ2v) is 7.70. The molecule has 0 aliphatic carbocycles. The first-order valence-corrected chi connectivity index (χ1v) is 9.79. The molecule has 3 N–H and O–H groups in total. The van der Waals surface area contributed by atoms with Crippen molar-refractivity contribution in [2.75, 3.05) is 11.6 Å². The maximum absolute atomic E-state index is 11.6. The lowest BCUT2D eigenvalue weighted by Gasteiger charge is -2.09. The van der Waals surface area contributed by atoms with E-state index < -0.39 is 15.7 Å². The van der Waals surface area contributed by atoms with E-state index >= 15 is 0 Å². The third kappa shape index (κ3) is 5.56. The van der Waals surface area contributed by atoms with Gasteiger partial charge in [0.2, 0.25) is 11.6 Å². The molecule has 0 aliphatic heterocycles. The summed E-state index contributed by atoms with van der Waals surface area (Å²) in [5, 5.41) is 27.1. The molecule has 0 fully saturated rings. The minimum atomic E-state index is -3.49. The van der Waals surface area contributed by atoms with Crippen molar-refractivity contribution in [3.05, 3.63) is 41.2 Å². The molecule has 1 heterocycles. The van der Waals surface area contributed by atoms with Gasteiger partial charge in [-0.2, -0.15) is 5.11 Å². The standard InChI is InChI=1S/C17H16N6O5S/c1-10(24)20-17-15(25)6-11(8-28-9-18)16(21-17)23-22-13-5-4-12(29(3,26)27)7-14(13)19-2/h4-7,9,18,25H,8H2,1,3H3,(H,20,21,24). The predicted molar refractivity (Wildman–Crippen MR) is 104 cm³/mol. The minimum absolute atomic E-state index is 0.0294. The number of anilines is 1. The van der Waals surface area contributed by atoms with Gasteiger partial charge in [0.15, 0.2) is 33.6 Å². The normalized spacial score (nSPS) is 11.1. The smallest absolute Gasteiger partial charge is 0.222 e. The van der Waals surface area contributed by atoms with Crippen molar-refractivity contribution in [1.29, 1.82) is 5.41 Å². The number of hydrogen-bond donors (Lipinski definition) is 3. The zero-order valence-electron chi connectivity index (χ0n) is 15.4. The van der Waals surface area contributed by atoms with Gasteiger partial charge in [-0.1, -0.05) is 0 Å². The fraction of sp³-hybridized carbons (Fsp3) is 0.176. The lowest BCUT2D eigenvalue weighted by atomic mass is 10.2. The van der Waals surface area contributed by atoms with Gasteiger partial charge in [0.25, 0.3) is 0 Å². The molecule has 0 unspecified atom stereocenters. The molecular weight excluding hydrogens is 400 g/mol. The van der Waals surface area contributed by atoms with Gasteiger partial charge >= 0.3 is 0 Å². The van der Waals surface area contributed by atoms with E-state index in [0.717, 1.165) is 6.26 Å². The SMILES string of the molecule is [C-]#[N+]c1cc(S(C)(=O)=O)ccc1N=Nc1nc(NC(C)=O)c(O)cc1COC=N. The van der Waals surface area contributed by atoms with Gasteiger partial charge in [-0.05, 0) is 24.3 Å². The first kappa shape index (κ1) is 21.5. The minimum Gasteiger partial charge on any atom is -0.504 e. The van der Waals surface area contributed by atoms with Crippen molar-refractivity contribution in [3.63, 3.8) is 0 Å². The first-order valence-electron chi connectivity index (χ1n) is 7.90. The van der Waals surface area contributed by atoms with Gasteiger partial charge in [-0.15, -0.1) is 5.11 Å². The number of nitrogens with one attached hydrogen (secondary N) is 2. The van der Waals surface area contributed by atoms with E-state index in [1.54, 1.807) is 0 Å². The van der Waals surface area contributed by atoms with Gasteiger partial charge in [-0.25, -0.2) is 18.2 Å². The Balaban J connectivity index is 2.51. The number of carbonyl (C=O) groups excluding carboxylic acids is 1. The van der Waals surface area contributed by atoms with Gasteiger partial charge in [-0.3, -0.25) is 10.2 Å². The van der Waals surface area contributed by atoms with E-state index in [1.165, 1.54) is 31.2 Å². The third-order valence-corrected chi connectivity index (χ3v) is 4.53. The average Bonchev–Trinajstić information content (AvgIpc) is 2.65. The van der Waals surface area contributed by atoms with Gasteiger partial charge in [0, 0.05) is 18.7 Å². The fourth-order valence-corrected chi connectivity index (χ4v) is 2.77. The van der Waals surface area contributed by atoms with E-state index in [9.17, 15) is 18.3 Å². The van der Waals surface area contributed by atoms with Gasteiger partial charge in [0.1, 0.15) is 6.61 Å². The quantitative estimate of drug-likeness (QED) is 0.272. The Morgan fingerprint density at radius 1 is 1.41 bits per heavy atom. The Hall–Kier alpha value is -3.85. The van der Waals surface area contributed by atoms with Gasteiger partial charge < -0.3 is 15.2 Å². The monoisotopic (exact) mass is 416 g/mol. The molecule has 1 aromatic heterocycles. The first-order chi connectivity index (χ1) is 13.7. The van der Waals surface area contributed by atoms with E-state index in [1.807, 2.05) is 0 Å². The number of ether oxygens (including phenoxy) is 1. The summed E-state index contributed by atoms with van der Waals surface area (Å²) in [6.07, 6.45) is 1.72. The van der Waals surface area contributed by atoms with Crippen LogP contribution in [-0.2, 0) is 26.0 Å². The summed E-state index contributed by atoms with van der Waals surface area (Å²) >= 11 is 0. The molecule has 12 heteroatoms. The lowest BCUT2D eigenvalue weighted by molar-refractivity contribution is -0.114. The Morgan fingerprint density at radius 3 is 2.72 bits per heavy atom. The summed E-state index contributed by atoms with van der Waals surface area (Å²) in [4.78, 5) is 18.5. The summed E-state index contributed by atoms with van der Waals surface area (Å²) in [5.41, 5.74) is 0.332. The average molecular weight is 416 g/mol. The molecule has 2 rings (SSSR count). The van der Waals surface area contributed by atoms with Crippen molar-refractivity contribution in [2.45, 2.75) is 18.4 Å². The van der Waals surface area contributed by atoms with E-state index in [4.69, 9.17) is 16.7 Å². The number of aromatic nitrogens is 1. The number of hydrogen-bond acceptors (Lipinski definition) is 9. The van der Waals surface area contributed by atoms with Crippen LogP contribution in [0.5, 0.6) is 5.75 Å². The van der Waals surface area contributed by atoms with Crippen molar-refractivity contribution >= 4 is 45.2 Å². The van der Waals surface area contributed by atoms with E-state index in [2.05, 4.69) is 25.4 Å². The highest BCUT2D eigenvalue weighted by atomic mass is 32.2. The van der Waals surface area contributed by atoms with Crippen molar-refractivity contribution in [1.82, 2.24) is 4.98 Å². The number of benzene rings is 1. The maximum atomic E-state index is 11.6. The van der Waals surface area contributed by atoms with Gasteiger partial charge in [0.05, 0.1) is 17.2 Å². The molecule has 0 saturated carbocycles. The van der Waals surface area contributed by atoms with Crippen LogP contribution in [0.25, 0.3) is 4.85 Å². The molecule has 0 atom stereocenters. The number of nitrogens with zero attached hydrogens (tertiary/aromatic N) is 4. The van der Waals surface area contributed by atoms with Crippen LogP contribution in [0.3, 0.4) is 0 Å². The highest BCUT2D eigenvalue weighted by molar-refractivity contribution is 7.90. The van der Waals surface area contributed by atoms with Crippen LogP contribution in [0, 0.1) is 12.0 Å². The van der Waals surface area contributed by atoms with Crippen LogP contribution in [0.15, 0.2) is 39.4 Å². The highest BCUT2D eigenvalue weighted by Gasteiger charge is 2.14. The molecule has 0 spiro atoms. The van der Waals surface area contributed by atoms with Crippen LogP contribution >= 0.6 is 0 Å². The largest absolute Gasteiger partial charge is 0.504 e. The molecule has 29 heavy (non-hydrogen) atoms. The second-order valence-electron chi connectivity index (χ2n) is 5.68. The molecule has 2 aromatic rings. The summed E-state index contributed by atoms with van der Waals surface area (Å²) in [6, 6.07) is 5.06. The Kier molecular flexibility index (Phi) is 6.58. The summed E-state index contributed by atoms with van der Waals surface area (Å²) < 4.78 is 28.1. The molecule has 1 aromatic carbocycles. The zero-order valence-corrected chi connectivity index (χ0v) is 16.2. The highest BCUT2D eigenvalue weighted by Crippen LogP contribution is 2.34. The third-order valence-electron chi connectivity index (χ3n) is 3.42. The van der Waals surface area contributed by atoms with Crippen LogP contribution in [0.4, 0.5) is 23.0 Å². The lowest BCUT2D eigenvalue weighted by Crippen LogP contribution is -2.08. The fourth-order valence-electron chi connectivity index (χ4n) is 2.13. The molecule has 0 aliphatic rings. The predicted octanol–water partition coefficient (Wildman–Crippen LogP) is 3.24. The number of rotatable bonds is 7. The molecular formula is C17H16N6O5S. The summed E-state index contributed by atoms with van der Waals surface area (Å²) in [5.74, 6) is -0.979. The van der Waals surface area contributed by atoms with E-state index in [0.29, 0.717) is 6.40 Å². The van der Waals surface area contributed by atoms with Crippen molar-refractivity contribution in [3.8, 4) is 5.75 Å². The Bertz CT molecular complexity index is 1140. The van der Waals surface area contributed by atoms with Crippen LogP contribution in [0.1, 0.15) is 12.5 Å². The van der Waals surface area contributed by atoms with Crippen LogP contribution in [-0.4, -0.2) is 37.1 Å². The number of carbonyl (C=O) groups is 1. The molecule has 0 radical (unpaired) electrons. The molecule has 0 bridgehead atoms. The van der Waals surface area contributed by atoms with Crippen LogP contribution in [0.2, 0.25) is 0 Å². The number of azo groups is 1. The molecule has 0 saturated heterocycles. The summed E-state index contributed by atoms with van der Waals surface area (Å²) in [6.45, 7) is 8.31. The topological polar surface area (TPSA) is 159 Å². The number of amides is 1. The molecule has 150 valence electrons. The Morgan fingerprint density at radius 2 is 2.14 bits per heavy atom. The van der Waals surface area contributed by atoms with Crippen molar-refractivity contribution in [2.24, 2.45) is 10.2 Å². The summed E-state index contributed by atoms with van der Waals surface area (Å²) in [7, 11) is -3.49. The van der Waals surface area contributed by atoms with E-state index in [-0.39, 0.29) is 45.8 Å². The Labute approximate surface area is 166 Å². The number of aromatic hydroxyl groups is 1. The zero-order chi connectivity index (χ0) is 21.6. The molecule has 11 nitrogen and oxygen atoms in total. The number of sulfone groups is 1.